The van der Waals surface area contributed by atoms with E-state index >= 15 is 0 Å². The summed E-state index contributed by atoms with van der Waals surface area (Å²) < 4.78 is 0. The molecule has 0 aromatic carbocycles. The van der Waals surface area contributed by atoms with Gasteiger partial charge in [-0.25, -0.2) is 0 Å². The maximum absolute atomic E-state index is 11.0. The number of carboxylic acid groups (broad SMARTS) is 2. The van der Waals surface area contributed by atoms with Gasteiger partial charge in [-0.2, -0.15) is 0 Å². The van der Waals surface area contributed by atoms with Crippen molar-refractivity contribution in [1.29, 1.82) is 0 Å². The molecule has 0 rings (SSSR count). The molecule has 0 amide bonds. The fourth-order valence-corrected chi connectivity index (χ4v) is 2.19. The van der Waals surface area contributed by atoms with Crippen LogP contribution in [-0.4, -0.2) is 22.2 Å². The summed E-state index contributed by atoms with van der Waals surface area (Å²) in [5.74, 6) is -1.06. The smallest absolute Gasteiger partial charge is 0.306 e. The number of aliphatic carboxylic acids is 2. The predicted molar refractivity (Wildman–Crippen MR) is 75.1 cm³/mol. The van der Waals surface area contributed by atoms with Crippen LogP contribution < -0.4 is 0 Å². The van der Waals surface area contributed by atoms with Crippen LogP contribution in [0.4, 0.5) is 0 Å². The molecule has 0 heterocycles. The molecule has 0 bridgehead atoms. The zero-order valence-corrected chi connectivity index (χ0v) is 12.4. The van der Waals surface area contributed by atoms with Gasteiger partial charge in [0.1, 0.15) is 0 Å². The molecule has 0 aromatic heterocycles. The maximum atomic E-state index is 11.0. The number of hydrogen-bond donors (Lipinski definition) is 2. The van der Waals surface area contributed by atoms with E-state index in [1.54, 1.807) is 0 Å². The summed E-state index contributed by atoms with van der Waals surface area (Å²) in [6, 6.07) is 0. The van der Waals surface area contributed by atoms with Crippen LogP contribution in [0.5, 0.6) is 0 Å². The molecule has 2 atom stereocenters. The van der Waals surface area contributed by atoms with Crippen LogP contribution in [0.2, 0.25) is 0 Å². The van der Waals surface area contributed by atoms with E-state index in [0.29, 0.717) is 12.3 Å². The molecular formula is C15H28O4. The summed E-state index contributed by atoms with van der Waals surface area (Å²) in [5.41, 5.74) is 0. The Morgan fingerprint density at radius 3 is 2.00 bits per heavy atom. The Morgan fingerprint density at radius 2 is 1.53 bits per heavy atom. The monoisotopic (exact) mass is 272 g/mol. The highest BCUT2D eigenvalue weighted by Crippen LogP contribution is 2.22. The van der Waals surface area contributed by atoms with Crippen LogP contribution in [0.1, 0.15) is 65.7 Å². The fraction of sp³-hybridized carbons (Fsp3) is 0.867. The third kappa shape index (κ3) is 10.5. The third-order valence-electron chi connectivity index (χ3n) is 3.54. The molecule has 0 spiro atoms. The Kier molecular flexibility index (Phi) is 9.27. The summed E-state index contributed by atoms with van der Waals surface area (Å²) in [6.07, 6.45) is 5.17. The fourth-order valence-electron chi connectivity index (χ4n) is 2.19. The van der Waals surface area contributed by atoms with Crippen molar-refractivity contribution in [3.05, 3.63) is 0 Å². The minimum atomic E-state index is -0.920. The van der Waals surface area contributed by atoms with Gasteiger partial charge in [0.15, 0.2) is 0 Å². The van der Waals surface area contributed by atoms with Crippen molar-refractivity contribution in [3.8, 4) is 0 Å². The number of carbonyl (C=O) groups is 2. The van der Waals surface area contributed by atoms with Gasteiger partial charge in [0.2, 0.25) is 0 Å². The lowest BCUT2D eigenvalue weighted by molar-refractivity contribution is -0.143. The first-order valence-corrected chi connectivity index (χ1v) is 7.27. The summed E-state index contributed by atoms with van der Waals surface area (Å²) in [6.45, 7) is 6.56. The zero-order valence-electron chi connectivity index (χ0n) is 12.4. The Bertz CT molecular complexity index is 273. The molecule has 19 heavy (non-hydrogen) atoms. The topological polar surface area (TPSA) is 74.6 Å². The van der Waals surface area contributed by atoms with E-state index < -0.39 is 17.9 Å². The van der Waals surface area contributed by atoms with Crippen LogP contribution in [-0.2, 0) is 9.59 Å². The number of rotatable bonds is 11. The normalized spacial score (nSPS) is 14.3. The minimum Gasteiger partial charge on any atom is -0.481 e. The van der Waals surface area contributed by atoms with Crippen LogP contribution in [0.15, 0.2) is 0 Å². The van der Waals surface area contributed by atoms with Gasteiger partial charge in [-0.15, -0.1) is 0 Å². The van der Waals surface area contributed by atoms with E-state index in [2.05, 4.69) is 20.8 Å². The molecule has 0 radical (unpaired) electrons. The summed E-state index contributed by atoms with van der Waals surface area (Å²) in [5, 5.41) is 17.7. The molecule has 2 N–H and O–H groups in total. The molecule has 4 heteroatoms. The molecule has 0 aromatic rings. The number of carboxylic acids is 2. The first-order valence-electron chi connectivity index (χ1n) is 7.27. The van der Waals surface area contributed by atoms with E-state index in [9.17, 15) is 9.59 Å². The maximum Gasteiger partial charge on any atom is 0.306 e. The highest BCUT2D eigenvalue weighted by Gasteiger charge is 2.19. The third-order valence-corrected chi connectivity index (χ3v) is 3.54. The molecule has 112 valence electrons. The molecular weight excluding hydrogens is 244 g/mol. The van der Waals surface area contributed by atoms with E-state index in [4.69, 9.17) is 10.2 Å². The Labute approximate surface area is 116 Å². The molecule has 0 fully saturated rings. The van der Waals surface area contributed by atoms with Gasteiger partial charge in [0.25, 0.3) is 0 Å². The van der Waals surface area contributed by atoms with Crippen molar-refractivity contribution in [1.82, 2.24) is 0 Å². The quantitative estimate of drug-likeness (QED) is 0.600. The van der Waals surface area contributed by atoms with Crippen molar-refractivity contribution >= 4 is 11.9 Å². The number of hydrogen-bond acceptors (Lipinski definition) is 2. The SMILES string of the molecule is CC(C)CCCC(C)CCC(CCC(=O)O)C(=O)O. The molecule has 4 nitrogen and oxygen atoms in total. The lowest BCUT2D eigenvalue weighted by Gasteiger charge is -2.15. The molecule has 0 saturated heterocycles. The van der Waals surface area contributed by atoms with Gasteiger partial charge in [-0.05, 0) is 31.1 Å². The van der Waals surface area contributed by atoms with Crippen molar-refractivity contribution in [3.63, 3.8) is 0 Å². The van der Waals surface area contributed by atoms with Gasteiger partial charge >= 0.3 is 11.9 Å². The van der Waals surface area contributed by atoms with Gasteiger partial charge in [-0.3, -0.25) is 9.59 Å². The second kappa shape index (κ2) is 9.82. The van der Waals surface area contributed by atoms with E-state index in [0.717, 1.165) is 18.8 Å². The lowest BCUT2D eigenvalue weighted by Crippen LogP contribution is -2.16. The highest BCUT2D eigenvalue weighted by atomic mass is 16.4. The van der Waals surface area contributed by atoms with Crippen molar-refractivity contribution in [2.24, 2.45) is 17.8 Å². The van der Waals surface area contributed by atoms with Gasteiger partial charge in [0, 0.05) is 6.42 Å². The Balaban J connectivity index is 3.89. The van der Waals surface area contributed by atoms with E-state index in [-0.39, 0.29) is 12.8 Å². The molecule has 0 aliphatic rings. The second-order valence-electron chi connectivity index (χ2n) is 5.97. The highest BCUT2D eigenvalue weighted by molar-refractivity contribution is 5.72. The van der Waals surface area contributed by atoms with Crippen LogP contribution in [0, 0.1) is 17.8 Å². The second-order valence-corrected chi connectivity index (χ2v) is 5.97. The Morgan fingerprint density at radius 1 is 0.895 bits per heavy atom. The van der Waals surface area contributed by atoms with E-state index in [1.165, 1.54) is 12.8 Å². The predicted octanol–water partition coefficient (Wildman–Crippen LogP) is 3.79. The molecule has 0 aliphatic carbocycles. The minimum absolute atomic E-state index is 0.0568. The average molecular weight is 272 g/mol. The van der Waals surface area contributed by atoms with Crippen molar-refractivity contribution in [2.75, 3.05) is 0 Å². The van der Waals surface area contributed by atoms with Crippen LogP contribution in [0.3, 0.4) is 0 Å². The van der Waals surface area contributed by atoms with Gasteiger partial charge in [0.05, 0.1) is 5.92 Å². The first-order chi connectivity index (χ1) is 8.82. The van der Waals surface area contributed by atoms with Crippen LogP contribution in [0.25, 0.3) is 0 Å². The largest absolute Gasteiger partial charge is 0.481 e. The van der Waals surface area contributed by atoms with Crippen molar-refractivity contribution < 1.29 is 19.8 Å². The zero-order chi connectivity index (χ0) is 14.8. The average Bonchev–Trinajstić information content (AvgIpc) is 2.27. The molecule has 0 saturated carbocycles. The van der Waals surface area contributed by atoms with Crippen molar-refractivity contribution in [2.45, 2.75) is 65.7 Å². The standard InChI is InChI=1S/C15H28O4/c1-11(2)5-4-6-12(3)7-8-13(15(18)19)9-10-14(16)17/h11-13H,4-10H2,1-3H3,(H,16,17)(H,18,19). The van der Waals surface area contributed by atoms with E-state index in [1.807, 2.05) is 0 Å². The van der Waals surface area contributed by atoms with Crippen LogP contribution >= 0.6 is 0 Å². The summed E-state index contributed by atoms with van der Waals surface area (Å²) in [7, 11) is 0. The van der Waals surface area contributed by atoms with Gasteiger partial charge < -0.3 is 10.2 Å². The Hall–Kier alpha value is -1.06. The lowest BCUT2D eigenvalue weighted by atomic mass is 9.90. The molecule has 0 aliphatic heterocycles. The summed E-state index contributed by atoms with van der Waals surface area (Å²) in [4.78, 5) is 21.5. The molecule has 2 unspecified atom stereocenters. The summed E-state index contributed by atoms with van der Waals surface area (Å²) >= 11 is 0. The first kappa shape index (κ1) is 17.9. The van der Waals surface area contributed by atoms with Gasteiger partial charge in [-0.1, -0.05) is 40.0 Å².